The second-order valence-electron chi connectivity index (χ2n) is 10.5. The summed E-state index contributed by atoms with van der Waals surface area (Å²) in [6.07, 6.45) is 3.41. The molecule has 1 saturated heterocycles. The summed E-state index contributed by atoms with van der Waals surface area (Å²) in [4.78, 5) is 19.7. The van der Waals surface area contributed by atoms with E-state index in [2.05, 4.69) is 59.5 Å². The summed E-state index contributed by atoms with van der Waals surface area (Å²) in [5.41, 5.74) is 5.61. The molecule has 1 saturated carbocycles. The third kappa shape index (κ3) is 3.48. The van der Waals surface area contributed by atoms with Crippen molar-refractivity contribution in [3.8, 4) is 11.8 Å². The average Bonchev–Trinajstić information content (AvgIpc) is 3.22. The Kier molecular flexibility index (Phi) is 5.14. The predicted octanol–water partition coefficient (Wildman–Crippen LogP) is 5.55. The molecule has 3 atom stereocenters. The van der Waals surface area contributed by atoms with Gasteiger partial charge in [0, 0.05) is 36.0 Å². The zero-order valence-corrected chi connectivity index (χ0v) is 21.3. The van der Waals surface area contributed by atoms with Crippen molar-refractivity contribution in [3.05, 3.63) is 125 Å². The molecule has 1 aliphatic heterocycles. The van der Waals surface area contributed by atoms with Gasteiger partial charge < -0.3 is 4.90 Å². The molecule has 2 fully saturated rings. The first kappa shape index (κ1) is 23.3. The quantitative estimate of drug-likeness (QED) is 0.316. The van der Waals surface area contributed by atoms with E-state index in [1.165, 1.54) is 23.3 Å². The van der Waals surface area contributed by atoms with Crippen molar-refractivity contribution in [2.45, 2.75) is 18.3 Å². The smallest absolute Gasteiger partial charge is 0.273 e. The molecule has 1 amide bonds. The van der Waals surface area contributed by atoms with Crippen LogP contribution in [-0.4, -0.2) is 38.7 Å². The fraction of sp³-hybridized carbons (Fsp3) is 0.188. The molecule has 0 unspecified atom stereocenters. The van der Waals surface area contributed by atoms with Gasteiger partial charge >= 0.3 is 0 Å². The van der Waals surface area contributed by atoms with Crippen molar-refractivity contribution in [1.82, 2.24) is 19.7 Å². The molecule has 7 heteroatoms. The van der Waals surface area contributed by atoms with Gasteiger partial charge in [-0.05, 0) is 78.1 Å². The van der Waals surface area contributed by atoms with Crippen LogP contribution in [0.1, 0.15) is 38.7 Å². The van der Waals surface area contributed by atoms with E-state index in [0.717, 1.165) is 22.2 Å². The van der Waals surface area contributed by atoms with Gasteiger partial charge in [0.25, 0.3) is 5.91 Å². The Balaban J connectivity index is 1.31. The number of hydrogen-bond acceptors (Lipinski definition) is 4. The van der Waals surface area contributed by atoms with Gasteiger partial charge in [-0.25, -0.2) is 14.1 Å². The molecule has 6 nitrogen and oxygen atoms in total. The van der Waals surface area contributed by atoms with E-state index in [0.29, 0.717) is 18.7 Å². The molecule has 0 bridgehead atoms. The number of aromatic nitrogens is 3. The van der Waals surface area contributed by atoms with E-state index in [1.807, 2.05) is 21.8 Å². The minimum Gasteiger partial charge on any atom is -0.336 e. The van der Waals surface area contributed by atoms with Crippen LogP contribution < -0.4 is 0 Å². The second kappa shape index (κ2) is 8.60. The predicted molar refractivity (Wildman–Crippen MR) is 145 cm³/mol. The molecule has 2 aliphatic rings. The highest BCUT2D eigenvalue weighted by molar-refractivity contribution is 5.95. The maximum absolute atomic E-state index is 13.6. The lowest BCUT2D eigenvalue weighted by Gasteiger charge is -2.26. The molecule has 3 heterocycles. The number of carbonyl (C=O) groups is 1. The number of halogens is 1. The highest BCUT2D eigenvalue weighted by Crippen LogP contribution is 2.69. The second-order valence-corrected chi connectivity index (χ2v) is 10.5. The van der Waals surface area contributed by atoms with E-state index in [4.69, 9.17) is 0 Å². The molecular weight excluding hydrogens is 489 g/mol. The minimum atomic E-state index is -0.285. The van der Waals surface area contributed by atoms with Gasteiger partial charge in [0.1, 0.15) is 17.6 Å². The van der Waals surface area contributed by atoms with Crippen molar-refractivity contribution < 1.29 is 9.18 Å². The fourth-order valence-corrected chi connectivity index (χ4v) is 6.70. The van der Waals surface area contributed by atoms with E-state index in [-0.39, 0.29) is 34.7 Å². The molecule has 1 aliphatic carbocycles. The highest BCUT2D eigenvalue weighted by Gasteiger charge is 2.71. The number of aryl methyl sites for hydroxylation is 1. The first-order valence-electron chi connectivity index (χ1n) is 13.0. The number of nitriles is 1. The van der Waals surface area contributed by atoms with Crippen LogP contribution in [0.25, 0.3) is 16.6 Å². The molecule has 0 radical (unpaired) electrons. The topological polar surface area (TPSA) is 74.8 Å². The maximum atomic E-state index is 13.6. The fourth-order valence-electron chi connectivity index (χ4n) is 6.70. The molecule has 5 aromatic rings. The first-order chi connectivity index (χ1) is 19.0. The number of benzene rings is 3. The maximum Gasteiger partial charge on any atom is 0.273 e. The van der Waals surface area contributed by atoms with Gasteiger partial charge in [-0.1, -0.05) is 30.3 Å². The molecule has 190 valence electrons. The largest absolute Gasteiger partial charge is 0.336 e. The Morgan fingerprint density at radius 3 is 2.64 bits per heavy atom. The Labute approximate surface area is 224 Å². The van der Waals surface area contributed by atoms with Gasteiger partial charge in [0.05, 0.1) is 23.0 Å². The van der Waals surface area contributed by atoms with Crippen LogP contribution in [0.4, 0.5) is 4.39 Å². The number of amides is 1. The summed E-state index contributed by atoms with van der Waals surface area (Å²) >= 11 is 0. The summed E-state index contributed by atoms with van der Waals surface area (Å²) in [6.45, 7) is 3.27. The van der Waals surface area contributed by atoms with E-state index >= 15 is 0 Å². The highest BCUT2D eigenvalue weighted by atomic mass is 19.1. The first-order valence-corrected chi connectivity index (χ1v) is 13.0. The Hall–Kier alpha value is -4.83. The summed E-state index contributed by atoms with van der Waals surface area (Å²) in [6, 6.07) is 26.6. The number of hydrogen-bond donors (Lipinski definition) is 0. The SMILES string of the molecule is Cc1cc2c(cnn2-c2ccc(F)cc2)cc1[C@]12CN(C(=O)c3ncccc3C#N)C[C@H]1[C@@H]2c1ccccc1. The number of piperidine rings is 1. The monoisotopic (exact) mass is 513 g/mol. The Bertz CT molecular complexity index is 1790. The molecule has 39 heavy (non-hydrogen) atoms. The molecule has 0 N–H and O–H groups in total. The van der Waals surface area contributed by atoms with Crippen LogP contribution in [0, 0.1) is 30.0 Å². The number of likely N-dealkylation sites (tertiary alicyclic amines) is 1. The zero-order chi connectivity index (χ0) is 26.7. The summed E-state index contributed by atoms with van der Waals surface area (Å²) < 4.78 is 15.3. The van der Waals surface area contributed by atoms with Gasteiger partial charge in [-0.2, -0.15) is 10.4 Å². The average molecular weight is 514 g/mol. The van der Waals surface area contributed by atoms with Gasteiger partial charge in [-0.15, -0.1) is 0 Å². The van der Waals surface area contributed by atoms with Gasteiger partial charge in [-0.3, -0.25) is 4.79 Å². The summed E-state index contributed by atoms with van der Waals surface area (Å²) in [5.74, 6) is 0.0486. The molecule has 7 rings (SSSR count). The van der Waals surface area contributed by atoms with Crippen LogP contribution in [0.3, 0.4) is 0 Å². The van der Waals surface area contributed by atoms with Crippen LogP contribution in [0.15, 0.2) is 91.3 Å². The standard InChI is InChI=1S/C32H24FN5O/c1-20-14-28-23(17-36-38(28)25-11-9-24(33)10-12-25)15-26(20)32-19-37(31(39)30-22(16-34)8-5-13-35-30)18-27(32)29(32)21-6-3-2-4-7-21/h2-15,17,27,29H,18-19H2,1H3/t27-,29-,32+/m0/s1. The van der Waals surface area contributed by atoms with Crippen molar-refractivity contribution in [1.29, 1.82) is 5.26 Å². The van der Waals surface area contributed by atoms with Crippen LogP contribution in [0.2, 0.25) is 0 Å². The van der Waals surface area contributed by atoms with Gasteiger partial charge in [0.2, 0.25) is 0 Å². The van der Waals surface area contributed by atoms with Crippen molar-refractivity contribution >= 4 is 16.8 Å². The molecule has 0 spiro atoms. The Morgan fingerprint density at radius 2 is 1.87 bits per heavy atom. The normalized spacial score (nSPS) is 21.5. The molecule has 3 aromatic carbocycles. The number of rotatable bonds is 4. The number of pyridine rings is 1. The number of nitrogens with zero attached hydrogens (tertiary/aromatic N) is 5. The lowest BCUT2D eigenvalue weighted by Crippen LogP contribution is -2.35. The third-order valence-electron chi connectivity index (χ3n) is 8.44. The van der Waals surface area contributed by atoms with Crippen molar-refractivity contribution in [3.63, 3.8) is 0 Å². The number of fused-ring (bicyclic) bond motifs is 2. The van der Waals surface area contributed by atoms with E-state index in [9.17, 15) is 14.4 Å². The Morgan fingerprint density at radius 1 is 1.08 bits per heavy atom. The van der Waals surface area contributed by atoms with Crippen LogP contribution in [0.5, 0.6) is 0 Å². The summed E-state index contributed by atoms with van der Waals surface area (Å²) in [7, 11) is 0. The van der Waals surface area contributed by atoms with E-state index in [1.54, 1.807) is 30.5 Å². The van der Waals surface area contributed by atoms with Crippen molar-refractivity contribution in [2.75, 3.05) is 13.1 Å². The zero-order valence-electron chi connectivity index (χ0n) is 21.3. The van der Waals surface area contributed by atoms with Crippen molar-refractivity contribution in [2.24, 2.45) is 5.92 Å². The van der Waals surface area contributed by atoms with Gasteiger partial charge in [0.15, 0.2) is 0 Å². The third-order valence-corrected chi connectivity index (χ3v) is 8.44. The van der Waals surface area contributed by atoms with E-state index < -0.39 is 0 Å². The number of carbonyl (C=O) groups excluding carboxylic acids is 1. The van der Waals surface area contributed by atoms with Crippen LogP contribution >= 0.6 is 0 Å². The van der Waals surface area contributed by atoms with Crippen LogP contribution in [-0.2, 0) is 5.41 Å². The molecule has 2 aromatic heterocycles. The molecular formula is C32H24FN5O. The lowest BCUT2D eigenvalue weighted by molar-refractivity contribution is 0.0763. The lowest BCUT2D eigenvalue weighted by atomic mass is 9.86. The minimum absolute atomic E-state index is 0.201. The summed E-state index contributed by atoms with van der Waals surface area (Å²) in [5, 5.41) is 15.1.